The van der Waals surface area contributed by atoms with Gasteiger partial charge in [0.25, 0.3) is 5.56 Å². The van der Waals surface area contributed by atoms with E-state index in [1.54, 1.807) is 37.3 Å². The van der Waals surface area contributed by atoms with Gasteiger partial charge in [0, 0.05) is 17.6 Å². The highest BCUT2D eigenvalue weighted by atomic mass is 35.5. The molecule has 0 spiro atoms. The molecule has 0 saturated carbocycles. The van der Waals surface area contributed by atoms with Crippen molar-refractivity contribution in [3.8, 4) is 11.4 Å². The zero-order valence-electron chi connectivity index (χ0n) is 17.4. The van der Waals surface area contributed by atoms with E-state index in [1.165, 1.54) is 23.4 Å². The van der Waals surface area contributed by atoms with Gasteiger partial charge < -0.3 is 10.1 Å². The molecule has 0 fully saturated rings. The van der Waals surface area contributed by atoms with E-state index < -0.39 is 5.25 Å². The maximum absolute atomic E-state index is 13.5. The molecule has 8 heteroatoms. The fourth-order valence-electron chi connectivity index (χ4n) is 2.99. The molecule has 1 N–H and O–H groups in total. The van der Waals surface area contributed by atoms with Crippen LogP contribution in [0.5, 0.6) is 5.75 Å². The minimum atomic E-state index is -0.435. The molecule has 1 aromatic heterocycles. The van der Waals surface area contributed by atoms with Gasteiger partial charge in [-0.05, 0) is 44.0 Å². The Hall–Kier alpha value is -2.51. The van der Waals surface area contributed by atoms with E-state index in [2.05, 4.69) is 5.32 Å². The predicted octanol–water partition coefficient (Wildman–Crippen LogP) is 4.36. The largest absolute Gasteiger partial charge is 0.495 e. The molecular formula is C22H24ClN3O3S. The van der Waals surface area contributed by atoms with Crippen LogP contribution in [0.3, 0.4) is 0 Å². The monoisotopic (exact) mass is 445 g/mol. The average molecular weight is 446 g/mol. The number of para-hydroxylation sites is 1. The van der Waals surface area contributed by atoms with Crippen LogP contribution in [-0.4, -0.2) is 34.4 Å². The number of aryl methyl sites for hydroxylation is 1. The third-order valence-corrected chi connectivity index (χ3v) is 6.11. The molecule has 1 amide bonds. The normalized spacial score (nSPS) is 12.0. The van der Waals surface area contributed by atoms with E-state index in [-0.39, 0.29) is 11.5 Å². The van der Waals surface area contributed by atoms with Crippen molar-refractivity contribution in [2.45, 2.75) is 37.6 Å². The van der Waals surface area contributed by atoms with Crippen LogP contribution in [0.15, 0.2) is 46.3 Å². The summed E-state index contributed by atoms with van der Waals surface area (Å²) in [4.78, 5) is 30.6. The van der Waals surface area contributed by atoms with Crippen molar-refractivity contribution in [3.63, 3.8) is 0 Å². The number of fused-ring (bicyclic) bond motifs is 1. The first-order valence-electron chi connectivity index (χ1n) is 9.68. The number of hydrogen-bond acceptors (Lipinski definition) is 5. The van der Waals surface area contributed by atoms with Crippen LogP contribution in [0.4, 0.5) is 0 Å². The summed E-state index contributed by atoms with van der Waals surface area (Å²) in [6.45, 7) is 6.26. The number of aromatic nitrogens is 2. The standard InChI is InChI=1S/C22H24ClN3O3S/c1-5-10-24-20(27)14(3)30-22-25-17-9-7-6-8-15(17)21(28)26(22)18-11-13(2)16(23)12-19(18)29-4/h6-9,11-12,14H,5,10H2,1-4H3,(H,24,27). The fourth-order valence-corrected chi connectivity index (χ4v) is 4.09. The van der Waals surface area contributed by atoms with Crippen LogP contribution in [0.1, 0.15) is 25.8 Å². The van der Waals surface area contributed by atoms with E-state index in [9.17, 15) is 9.59 Å². The third kappa shape index (κ3) is 4.47. The van der Waals surface area contributed by atoms with Crippen LogP contribution in [0.2, 0.25) is 5.02 Å². The number of amides is 1. The lowest BCUT2D eigenvalue weighted by atomic mass is 10.2. The third-order valence-electron chi connectivity index (χ3n) is 4.65. The molecule has 1 unspecified atom stereocenters. The molecule has 3 rings (SSSR count). The van der Waals surface area contributed by atoms with Gasteiger partial charge >= 0.3 is 0 Å². The Labute approximate surface area is 184 Å². The van der Waals surface area contributed by atoms with Gasteiger partial charge in [-0.3, -0.25) is 14.2 Å². The van der Waals surface area contributed by atoms with Crippen LogP contribution in [-0.2, 0) is 4.79 Å². The van der Waals surface area contributed by atoms with Crippen molar-refractivity contribution in [1.82, 2.24) is 14.9 Å². The summed E-state index contributed by atoms with van der Waals surface area (Å²) >= 11 is 7.49. The summed E-state index contributed by atoms with van der Waals surface area (Å²) in [6.07, 6.45) is 0.851. The van der Waals surface area contributed by atoms with Crippen LogP contribution < -0.4 is 15.6 Å². The summed E-state index contributed by atoms with van der Waals surface area (Å²) in [7, 11) is 1.53. The number of nitrogens with one attached hydrogen (secondary N) is 1. The Morgan fingerprint density at radius 3 is 2.77 bits per heavy atom. The van der Waals surface area contributed by atoms with E-state index in [0.717, 1.165) is 12.0 Å². The molecule has 158 valence electrons. The second-order valence-corrected chi connectivity index (χ2v) is 8.59. The van der Waals surface area contributed by atoms with Crippen molar-refractivity contribution in [2.24, 2.45) is 0 Å². The molecule has 0 aliphatic rings. The Kier molecular flexibility index (Phi) is 7.05. The molecular weight excluding hydrogens is 422 g/mol. The fraction of sp³-hybridized carbons (Fsp3) is 0.318. The number of carbonyl (C=O) groups excluding carboxylic acids is 1. The molecule has 1 atom stereocenters. The minimum Gasteiger partial charge on any atom is -0.495 e. The maximum Gasteiger partial charge on any atom is 0.266 e. The number of carbonyl (C=O) groups is 1. The van der Waals surface area contributed by atoms with E-state index in [0.29, 0.717) is 39.1 Å². The number of thioether (sulfide) groups is 1. The first kappa shape index (κ1) is 22.2. The first-order valence-corrected chi connectivity index (χ1v) is 10.9. The van der Waals surface area contributed by atoms with Gasteiger partial charge in [0.2, 0.25) is 5.91 Å². The first-order chi connectivity index (χ1) is 14.4. The molecule has 2 aromatic carbocycles. The molecule has 0 aliphatic heterocycles. The van der Waals surface area contributed by atoms with Gasteiger partial charge in [-0.2, -0.15) is 0 Å². The quantitative estimate of drug-likeness (QED) is 0.432. The number of rotatable bonds is 7. The van der Waals surface area contributed by atoms with Gasteiger partial charge in [-0.15, -0.1) is 0 Å². The zero-order chi connectivity index (χ0) is 21.8. The van der Waals surface area contributed by atoms with Crippen LogP contribution >= 0.6 is 23.4 Å². The highest BCUT2D eigenvalue weighted by Gasteiger charge is 2.22. The van der Waals surface area contributed by atoms with E-state index >= 15 is 0 Å². The second kappa shape index (κ2) is 9.53. The summed E-state index contributed by atoms with van der Waals surface area (Å²) in [5.74, 6) is 0.352. The number of halogens is 1. The molecule has 0 aliphatic carbocycles. The lowest BCUT2D eigenvalue weighted by Crippen LogP contribution is -2.32. The van der Waals surface area contributed by atoms with Crippen molar-refractivity contribution in [2.75, 3.05) is 13.7 Å². The minimum absolute atomic E-state index is 0.102. The Bertz CT molecular complexity index is 1150. The molecule has 3 aromatic rings. The highest BCUT2D eigenvalue weighted by Crippen LogP contribution is 2.33. The zero-order valence-corrected chi connectivity index (χ0v) is 18.9. The Morgan fingerprint density at radius 2 is 2.07 bits per heavy atom. The van der Waals surface area contributed by atoms with Crippen LogP contribution in [0, 0.1) is 6.92 Å². The maximum atomic E-state index is 13.5. The summed E-state index contributed by atoms with van der Waals surface area (Å²) in [5, 5.41) is 3.89. The number of nitrogens with zero attached hydrogens (tertiary/aromatic N) is 2. The molecule has 0 saturated heterocycles. The number of methoxy groups -OCH3 is 1. The van der Waals surface area contributed by atoms with Crippen molar-refractivity contribution in [3.05, 3.63) is 57.3 Å². The summed E-state index contributed by atoms with van der Waals surface area (Å²) < 4.78 is 7.00. The average Bonchev–Trinajstić information content (AvgIpc) is 2.74. The lowest BCUT2D eigenvalue weighted by molar-refractivity contribution is -0.120. The lowest BCUT2D eigenvalue weighted by Gasteiger charge is -2.19. The van der Waals surface area contributed by atoms with Crippen molar-refractivity contribution < 1.29 is 9.53 Å². The van der Waals surface area contributed by atoms with Gasteiger partial charge in [0.05, 0.1) is 29.0 Å². The van der Waals surface area contributed by atoms with Crippen molar-refractivity contribution in [1.29, 1.82) is 0 Å². The molecule has 0 bridgehead atoms. The SMILES string of the molecule is CCCNC(=O)C(C)Sc1nc2ccccc2c(=O)n1-c1cc(C)c(Cl)cc1OC. The summed E-state index contributed by atoms with van der Waals surface area (Å²) in [5.41, 5.74) is 1.68. The number of ether oxygens (including phenoxy) is 1. The number of hydrogen-bond donors (Lipinski definition) is 1. The Balaban J connectivity index is 2.21. The predicted molar refractivity (Wildman–Crippen MR) is 122 cm³/mol. The van der Waals surface area contributed by atoms with Crippen molar-refractivity contribution >= 4 is 40.2 Å². The molecule has 6 nitrogen and oxygen atoms in total. The smallest absolute Gasteiger partial charge is 0.266 e. The molecule has 30 heavy (non-hydrogen) atoms. The van der Waals surface area contributed by atoms with Gasteiger partial charge in [0.1, 0.15) is 5.75 Å². The topological polar surface area (TPSA) is 73.2 Å². The summed E-state index contributed by atoms with van der Waals surface area (Å²) in [6, 6.07) is 10.6. The van der Waals surface area contributed by atoms with E-state index in [4.69, 9.17) is 21.3 Å². The second-order valence-electron chi connectivity index (χ2n) is 6.88. The van der Waals surface area contributed by atoms with Gasteiger partial charge in [-0.1, -0.05) is 42.4 Å². The van der Waals surface area contributed by atoms with Crippen LogP contribution in [0.25, 0.3) is 16.6 Å². The van der Waals surface area contributed by atoms with Gasteiger partial charge in [-0.25, -0.2) is 4.98 Å². The van der Waals surface area contributed by atoms with E-state index in [1.807, 2.05) is 19.9 Å². The van der Waals surface area contributed by atoms with Gasteiger partial charge in [0.15, 0.2) is 5.16 Å². The number of benzene rings is 2. The molecule has 0 radical (unpaired) electrons. The Morgan fingerprint density at radius 1 is 1.33 bits per heavy atom. The highest BCUT2D eigenvalue weighted by molar-refractivity contribution is 8.00. The molecule has 1 heterocycles.